The quantitative estimate of drug-likeness (QED) is 0.421. The Balaban J connectivity index is 1.84. The van der Waals surface area contributed by atoms with Gasteiger partial charge in [-0.25, -0.2) is 0 Å². The van der Waals surface area contributed by atoms with Gasteiger partial charge in [-0.05, 0) is 62.2 Å². The molecule has 2 rings (SSSR count). The van der Waals surface area contributed by atoms with Crippen molar-refractivity contribution in [2.24, 2.45) is 29.6 Å². The van der Waals surface area contributed by atoms with Crippen LogP contribution in [0.15, 0.2) is 23.8 Å². The SMILES string of the molecule is CCC(C)C/C=C/[C@@H]1[C@H]2C/C(=C/CCCC(C)C)C[C@H]2C[C@H]1O. The second kappa shape index (κ2) is 9.06. The van der Waals surface area contributed by atoms with Gasteiger partial charge in [-0.15, -0.1) is 0 Å². The normalized spacial score (nSPS) is 33.9. The van der Waals surface area contributed by atoms with E-state index in [1.54, 1.807) is 5.57 Å². The highest BCUT2D eigenvalue weighted by atomic mass is 16.3. The van der Waals surface area contributed by atoms with Crippen molar-refractivity contribution >= 4 is 0 Å². The van der Waals surface area contributed by atoms with Gasteiger partial charge in [-0.2, -0.15) is 0 Å². The molecule has 1 nitrogen and oxygen atoms in total. The van der Waals surface area contributed by atoms with E-state index < -0.39 is 0 Å². The van der Waals surface area contributed by atoms with E-state index in [1.807, 2.05) is 0 Å². The molecular formula is C22H38O. The van der Waals surface area contributed by atoms with Gasteiger partial charge in [0.05, 0.1) is 6.10 Å². The maximum Gasteiger partial charge on any atom is 0.0608 e. The Bertz CT molecular complexity index is 406. The van der Waals surface area contributed by atoms with Crippen LogP contribution in [0.1, 0.15) is 79.1 Å². The second-order valence-electron chi connectivity index (χ2n) is 8.58. The molecule has 0 saturated heterocycles. The first-order valence-electron chi connectivity index (χ1n) is 10.0. The summed E-state index contributed by atoms with van der Waals surface area (Å²) >= 11 is 0. The Hall–Kier alpha value is -0.560. The Morgan fingerprint density at radius 1 is 1.22 bits per heavy atom. The van der Waals surface area contributed by atoms with Crippen molar-refractivity contribution in [1.29, 1.82) is 0 Å². The first-order chi connectivity index (χ1) is 11.0. The summed E-state index contributed by atoms with van der Waals surface area (Å²) in [5.74, 6) is 3.44. The maximum absolute atomic E-state index is 10.4. The third-order valence-electron chi connectivity index (χ3n) is 6.12. The van der Waals surface area contributed by atoms with Gasteiger partial charge < -0.3 is 5.11 Å². The predicted octanol–water partition coefficient (Wildman–Crippen LogP) is 6.14. The lowest BCUT2D eigenvalue weighted by Crippen LogP contribution is -2.16. The third-order valence-corrected chi connectivity index (χ3v) is 6.12. The largest absolute Gasteiger partial charge is 0.392 e. The van der Waals surface area contributed by atoms with E-state index in [1.165, 1.54) is 38.5 Å². The number of allylic oxidation sites excluding steroid dienone is 3. The van der Waals surface area contributed by atoms with Crippen LogP contribution in [-0.4, -0.2) is 11.2 Å². The average Bonchev–Trinajstić information content (AvgIpc) is 3.01. The molecule has 0 radical (unpaired) electrons. The van der Waals surface area contributed by atoms with Gasteiger partial charge in [0, 0.05) is 5.92 Å². The predicted molar refractivity (Wildman–Crippen MR) is 100 cm³/mol. The molecule has 1 heteroatoms. The fourth-order valence-electron chi connectivity index (χ4n) is 4.41. The lowest BCUT2D eigenvalue weighted by molar-refractivity contribution is 0.140. The molecule has 132 valence electrons. The molecule has 1 unspecified atom stereocenters. The molecule has 0 aromatic rings. The smallest absolute Gasteiger partial charge is 0.0608 e. The fourth-order valence-corrected chi connectivity index (χ4v) is 4.41. The summed E-state index contributed by atoms with van der Waals surface area (Å²) in [6.45, 7) is 9.19. The monoisotopic (exact) mass is 318 g/mol. The first kappa shape index (κ1) is 18.8. The Labute approximate surface area is 144 Å². The summed E-state index contributed by atoms with van der Waals surface area (Å²) in [5.41, 5.74) is 1.68. The summed E-state index contributed by atoms with van der Waals surface area (Å²) in [7, 11) is 0. The maximum atomic E-state index is 10.4. The van der Waals surface area contributed by atoms with Crippen molar-refractivity contribution < 1.29 is 5.11 Å². The first-order valence-corrected chi connectivity index (χ1v) is 10.0. The molecule has 0 bridgehead atoms. The summed E-state index contributed by atoms with van der Waals surface area (Å²) in [4.78, 5) is 0. The lowest BCUT2D eigenvalue weighted by atomic mass is 9.90. The van der Waals surface area contributed by atoms with Crippen LogP contribution >= 0.6 is 0 Å². The van der Waals surface area contributed by atoms with Crippen LogP contribution in [0.2, 0.25) is 0 Å². The minimum absolute atomic E-state index is 0.0966. The summed E-state index contributed by atoms with van der Waals surface area (Å²) < 4.78 is 0. The van der Waals surface area contributed by atoms with E-state index in [2.05, 4.69) is 45.9 Å². The van der Waals surface area contributed by atoms with Gasteiger partial charge in [0.1, 0.15) is 0 Å². The van der Waals surface area contributed by atoms with Crippen molar-refractivity contribution in [1.82, 2.24) is 0 Å². The Morgan fingerprint density at radius 2 is 2.00 bits per heavy atom. The van der Waals surface area contributed by atoms with Gasteiger partial charge in [0.2, 0.25) is 0 Å². The van der Waals surface area contributed by atoms with Crippen molar-refractivity contribution in [3.63, 3.8) is 0 Å². The standard InChI is InChI=1S/C22H38O/c1-5-17(4)10-8-12-20-21-14-18(11-7-6-9-16(2)3)13-19(21)15-22(20)23/h8,11-12,16-17,19-23H,5-7,9-10,13-15H2,1-4H3/b12-8+,18-11+/t17?,19-,20+,21-,22+/m0/s1. The van der Waals surface area contributed by atoms with Crippen molar-refractivity contribution in [3.05, 3.63) is 23.8 Å². The Kier molecular flexibility index (Phi) is 7.40. The van der Waals surface area contributed by atoms with E-state index in [4.69, 9.17) is 0 Å². The highest BCUT2D eigenvalue weighted by Gasteiger charge is 2.44. The average molecular weight is 319 g/mol. The van der Waals surface area contributed by atoms with Crippen LogP contribution < -0.4 is 0 Å². The van der Waals surface area contributed by atoms with Crippen LogP contribution in [-0.2, 0) is 0 Å². The van der Waals surface area contributed by atoms with Crippen LogP contribution in [0.4, 0.5) is 0 Å². The van der Waals surface area contributed by atoms with Crippen molar-refractivity contribution in [2.45, 2.75) is 85.2 Å². The summed E-state index contributed by atoms with van der Waals surface area (Å²) in [6, 6.07) is 0. The number of aliphatic hydroxyl groups excluding tert-OH is 1. The molecule has 0 spiro atoms. The third kappa shape index (κ3) is 5.48. The molecular weight excluding hydrogens is 280 g/mol. The van der Waals surface area contributed by atoms with Crippen molar-refractivity contribution in [2.75, 3.05) is 0 Å². The molecule has 2 fully saturated rings. The molecule has 0 aliphatic heterocycles. The van der Waals surface area contributed by atoms with Crippen LogP contribution in [0.25, 0.3) is 0 Å². The second-order valence-corrected chi connectivity index (χ2v) is 8.58. The van der Waals surface area contributed by atoms with Gasteiger partial charge in [-0.1, -0.05) is 64.3 Å². The number of hydrogen-bond donors (Lipinski definition) is 1. The van der Waals surface area contributed by atoms with Gasteiger partial charge in [0.25, 0.3) is 0 Å². The molecule has 0 aromatic carbocycles. The number of aliphatic hydroxyl groups is 1. The zero-order valence-corrected chi connectivity index (χ0v) is 15.8. The highest BCUT2D eigenvalue weighted by molar-refractivity contribution is 5.17. The molecule has 0 aromatic heterocycles. The molecule has 2 aliphatic carbocycles. The molecule has 2 saturated carbocycles. The fraction of sp³-hybridized carbons (Fsp3) is 0.818. The van der Waals surface area contributed by atoms with E-state index in [0.717, 1.165) is 30.6 Å². The van der Waals surface area contributed by atoms with E-state index >= 15 is 0 Å². The van der Waals surface area contributed by atoms with Crippen molar-refractivity contribution in [3.8, 4) is 0 Å². The van der Waals surface area contributed by atoms with Crippen LogP contribution in [0.3, 0.4) is 0 Å². The highest BCUT2D eigenvalue weighted by Crippen LogP contribution is 2.50. The van der Waals surface area contributed by atoms with Gasteiger partial charge in [-0.3, -0.25) is 0 Å². The number of rotatable bonds is 8. The molecule has 5 atom stereocenters. The zero-order valence-electron chi connectivity index (χ0n) is 15.8. The van der Waals surface area contributed by atoms with Crippen LogP contribution in [0.5, 0.6) is 0 Å². The molecule has 0 heterocycles. The lowest BCUT2D eigenvalue weighted by Gasteiger charge is -2.17. The zero-order chi connectivity index (χ0) is 16.8. The Morgan fingerprint density at radius 3 is 2.70 bits per heavy atom. The topological polar surface area (TPSA) is 20.2 Å². The van der Waals surface area contributed by atoms with Gasteiger partial charge in [0.15, 0.2) is 0 Å². The van der Waals surface area contributed by atoms with E-state index in [9.17, 15) is 5.11 Å². The molecule has 0 amide bonds. The molecule has 2 aliphatic rings. The summed E-state index contributed by atoms with van der Waals surface area (Å²) in [6.07, 6.45) is 17.0. The van der Waals surface area contributed by atoms with E-state index in [-0.39, 0.29) is 6.10 Å². The minimum Gasteiger partial charge on any atom is -0.392 e. The van der Waals surface area contributed by atoms with E-state index in [0.29, 0.717) is 11.8 Å². The number of hydrogen-bond acceptors (Lipinski definition) is 1. The van der Waals surface area contributed by atoms with Gasteiger partial charge >= 0.3 is 0 Å². The number of unbranched alkanes of at least 4 members (excludes halogenated alkanes) is 1. The number of fused-ring (bicyclic) bond motifs is 1. The molecule has 23 heavy (non-hydrogen) atoms. The minimum atomic E-state index is -0.0966. The summed E-state index contributed by atoms with van der Waals surface area (Å²) in [5, 5.41) is 10.4. The van der Waals surface area contributed by atoms with Crippen LogP contribution in [0, 0.1) is 29.6 Å². The molecule has 1 N–H and O–H groups in total.